The molecule has 0 unspecified atom stereocenters. The van der Waals surface area contributed by atoms with Crippen LogP contribution in [0.25, 0.3) is 11.3 Å². The number of hydrogen-bond donors (Lipinski definition) is 2. The molecule has 0 aliphatic rings. The van der Waals surface area contributed by atoms with E-state index in [9.17, 15) is 14.0 Å². The Labute approximate surface area is 165 Å². The Balaban J connectivity index is 1.57. The molecule has 2 N–H and O–H groups in total. The highest BCUT2D eigenvalue weighted by atomic mass is 32.2. The van der Waals surface area contributed by atoms with E-state index in [1.165, 1.54) is 24.3 Å². The summed E-state index contributed by atoms with van der Waals surface area (Å²) >= 11 is 1.14. The van der Waals surface area contributed by atoms with Crippen LogP contribution in [0.4, 0.5) is 4.39 Å². The Morgan fingerprint density at radius 2 is 1.71 bits per heavy atom. The number of aryl methyl sites for hydroxylation is 1. The van der Waals surface area contributed by atoms with E-state index in [2.05, 4.69) is 20.8 Å². The molecule has 8 heteroatoms. The summed E-state index contributed by atoms with van der Waals surface area (Å²) in [6.45, 7) is 1.85. The minimum Gasteiger partial charge on any atom is -0.272 e. The highest BCUT2D eigenvalue weighted by Gasteiger charge is 2.12. The van der Waals surface area contributed by atoms with Crippen LogP contribution in [0.3, 0.4) is 0 Å². The number of halogens is 1. The third-order valence-corrected chi connectivity index (χ3v) is 4.52. The zero-order chi connectivity index (χ0) is 19.9. The van der Waals surface area contributed by atoms with E-state index >= 15 is 0 Å². The molecule has 0 saturated heterocycles. The van der Waals surface area contributed by atoms with E-state index in [0.717, 1.165) is 28.7 Å². The topological polar surface area (TPSA) is 84.0 Å². The lowest BCUT2D eigenvalue weighted by molar-refractivity contribution is -0.119. The summed E-state index contributed by atoms with van der Waals surface area (Å²) in [6, 6.07) is 17.0. The van der Waals surface area contributed by atoms with Gasteiger partial charge in [-0.05, 0) is 25.1 Å². The van der Waals surface area contributed by atoms with Crippen LogP contribution in [0.1, 0.15) is 16.1 Å². The minimum absolute atomic E-state index is 0.00473. The molecule has 28 heavy (non-hydrogen) atoms. The number of aromatic nitrogens is 2. The first-order valence-electron chi connectivity index (χ1n) is 8.40. The van der Waals surface area contributed by atoms with Crippen LogP contribution in [0.5, 0.6) is 0 Å². The molecular formula is C20H17FN4O2S. The van der Waals surface area contributed by atoms with Crippen LogP contribution in [-0.2, 0) is 4.79 Å². The Morgan fingerprint density at radius 3 is 2.46 bits per heavy atom. The molecule has 6 nitrogen and oxygen atoms in total. The first-order valence-corrected chi connectivity index (χ1v) is 9.39. The maximum Gasteiger partial charge on any atom is 0.272 e. The van der Waals surface area contributed by atoms with Gasteiger partial charge in [-0.3, -0.25) is 20.4 Å². The first-order chi connectivity index (χ1) is 13.5. The SMILES string of the molecule is Cc1cc(-c2ccccc2)nc(SCC(=O)NNC(=O)c2ccccc2F)n1. The second kappa shape index (κ2) is 9.09. The van der Waals surface area contributed by atoms with Crippen LogP contribution in [0.2, 0.25) is 0 Å². The van der Waals surface area contributed by atoms with Gasteiger partial charge in [0.1, 0.15) is 5.82 Å². The number of carbonyl (C=O) groups is 2. The molecule has 0 bridgehead atoms. The molecule has 0 saturated carbocycles. The summed E-state index contributed by atoms with van der Waals surface area (Å²) in [6.07, 6.45) is 0. The van der Waals surface area contributed by atoms with Gasteiger partial charge >= 0.3 is 0 Å². The van der Waals surface area contributed by atoms with Crippen LogP contribution in [0.15, 0.2) is 65.8 Å². The van der Waals surface area contributed by atoms with Crippen molar-refractivity contribution >= 4 is 23.6 Å². The maximum absolute atomic E-state index is 13.6. The third kappa shape index (κ3) is 5.14. The molecule has 2 amide bonds. The van der Waals surface area contributed by atoms with Crippen LogP contribution in [0, 0.1) is 12.7 Å². The Kier molecular flexibility index (Phi) is 6.33. The molecule has 0 fully saturated rings. The molecule has 3 rings (SSSR count). The molecule has 0 radical (unpaired) electrons. The number of hydrogen-bond acceptors (Lipinski definition) is 5. The molecule has 2 aromatic carbocycles. The fraction of sp³-hybridized carbons (Fsp3) is 0.100. The molecule has 0 aliphatic heterocycles. The third-order valence-electron chi connectivity index (χ3n) is 3.67. The quantitative estimate of drug-likeness (QED) is 0.393. The smallest absolute Gasteiger partial charge is 0.272 e. The summed E-state index contributed by atoms with van der Waals surface area (Å²) in [7, 11) is 0. The summed E-state index contributed by atoms with van der Waals surface area (Å²) in [5.74, 6) is -1.85. The van der Waals surface area contributed by atoms with Gasteiger partial charge in [0, 0.05) is 11.3 Å². The minimum atomic E-state index is -0.727. The van der Waals surface area contributed by atoms with Crippen LogP contribution >= 0.6 is 11.8 Å². The maximum atomic E-state index is 13.6. The van der Waals surface area contributed by atoms with E-state index in [1.807, 2.05) is 43.3 Å². The van der Waals surface area contributed by atoms with Crippen molar-refractivity contribution in [2.45, 2.75) is 12.1 Å². The average molecular weight is 396 g/mol. The molecule has 3 aromatic rings. The average Bonchev–Trinajstić information content (AvgIpc) is 2.71. The molecule has 142 valence electrons. The van der Waals surface area contributed by atoms with Crippen molar-refractivity contribution in [2.75, 3.05) is 5.75 Å². The van der Waals surface area contributed by atoms with Gasteiger partial charge < -0.3 is 0 Å². The number of thioether (sulfide) groups is 1. The van der Waals surface area contributed by atoms with E-state index < -0.39 is 17.6 Å². The predicted molar refractivity (Wildman–Crippen MR) is 105 cm³/mol. The van der Waals surface area contributed by atoms with Crippen molar-refractivity contribution in [3.63, 3.8) is 0 Å². The van der Waals surface area contributed by atoms with Crippen molar-refractivity contribution in [3.05, 3.63) is 77.7 Å². The summed E-state index contributed by atoms with van der Waals surface area (Å²) in [4.78, 5) is 32.7. The lowest BCUT2D eigenvalue weighted by Crippen LogP contribution is -2.42. The summed E-state index contributed by atoms with van der Waals surface area (Å²) in [5, 5.41) is 0.453. The zero-order valence-electron chi connectivity index (χ0n) is 15.0. The van der Waals surface area contributed by atoms with E-state index in [1.54, 1.807) is 0 Å². The number of nitrogens with zero attached hydrogens (tertiary/aromatic N) is 2. The van der Waals surface area contributed by atoms with E-state index in [-0.39, 0.29) is 11.3 Å². The van der Waals surface area contributed by atoms with Gasteiger partial charge in [0.2, 0.25) is 5.91 Å². The number of carbonyl (C=O) groups excluding carboxylic acids is 2. The highest BCUT2D eigenvalue weighted by molar-refractivity contribution is 7.99. The number of hydrazine groups is 1. The normalized spacial score (nSPS) is 10.4. The summed E-state index contributed by atoms with van der Waals surface area (Å²) in [5.41, 5.74) is 6.81. The van der Waals surface area contributed by atoms with Crippen molar-refractivity contribution in [1.82, 2.24) is 20.8 Å². The van der Waals surface area contributed by atoms with Gasteiger partial charge in [-0.2, -0.15) is 0 Å². The number of nitrogens with one attached hydrogen (secondary N) is 2. The largest absolute Gasteiger partial charge is 0.272 e. The standard InChI is InChI=1S/C20H17FN4O2S/c1-13-11-17(14-7-3-2-4-8-14)23-20(22-13)28-12-18(26)24-25-19(27)15-9-5-6-10-16(15)21/h2-11H,12H2,1H3,(H,24,26)(H,25,27). The fourth-order valence-electron chi connectivity index (χ4n) is 2.37. The molecule has 0 spiro atoms. The van der Waals surface area contributed by atoms with E-state index in [4.69, 9.17) is 0 Å². The van der Waals surface area contributed by atoms with Gasteiger partial charge in [-0.25, -0.2) is 14.4 Å². The zero-order valence-corrected chi connectivity index (χ0v) is 15.8. The van der Waals surface area contributed by atoms with Gasteiger partial charge in [-0.1, -0.05) is 54.2 Å². The molecular weight excluding hydrogens is 379 g/mol. The van der Waals surface area contributed by atoms with Crippen molar-refractivity contribution < 1.29 is 14.0 Å². The number of rotatable bonds is 5. The van der Waals surface area contributed by atoms with Crippen LogP contribution in [-0.4, -0.2) is 27.5 Å². The van der Waals surface area contributed by atoms with Gasteiger partial charge in [-0.15, -0.1) is 0 Å². The summed E-state index contributed by atoms with van der Waals surface area (Å²) < 4.78 is 13.6. The first kappa shape index (κ1) is 19.5. The second-order valence-corrected chi connectivity index (χ2v) is 6.76. The predicted octanol–water partition coefficient (Wildman–Crippen LogP) is 3.14. The van der Waals surface area contributed by atoms with Crippen molar-refractivity contribution in [2.24, 2.45) is 0 Å². The van der Waals surface area contributed by atoms with Gasteiger partial charge in [0.05, 0.1) is 17.0 Å². The van der Waals surface area contributed by atoms with Crippen molar-refractivity contribution in [1.29, 1.82) is 0 Å². The van der Waals surface area contributed by atoms with Crippen molar-refractivity contribution in [3.8, 4) is 11.3 Å². The van der Waals surface area contributed by atoms with Gasteiger partial charge in [0.15, 0.2) is 5.16 Å². The molecule has 1 heterocycles. The lowest BCUT2D eigenvalue weighted by atomic mass is 10.1. The highest BCUT2D eigenvalue weighted by Crippen LogP contribution is 2.21. The molecule has 1 aromatic heterocycles. The second-order valence-electron chi connectivity index (χ2n) is 5.81. The Morgan fingerprint density at radius 1 is 1.00 bits per heavy atom. The molecule has 0 atom stereocenters. The van der Waals surface area contributed by atoms with E-state index in [0.29, 0.717) is 5.16 Å². The molecule has 0 aliphatic carbocycles. The fourth-order valence-corrected chi connectivity index (χ4v) is 3.07. The van der Waals surface area contributed by atoms with Crippen LogP contribution < -0.4 is 10.9 Å². The Bertz CT molecular complexity index is 999. The Hall–Kier alpha value is -3.26. The lowest BCUT2D eigenvalue weighted by Gasteiger charge is -2.08. The van der Waals surface area contributed by atoms with Gasteiger partial charge in [0.25, 0.3) is 5.91 Å². The number of benzene rings is 2. The number of amides is 2. The monoisotopic (exact) mass is 396 g/mol.